The third kappa shape index (κ3) is 5.69. The van der Waals surface area contributed by atoms with Crippen LogP contribution in [0.15, 0.2) is 72.8 Å². The third-order valence-corrected chi connectivity index (χ3v) is 8.23. The third-order valence-electron chi connectivity index (χ3n) is 7.86. The molecule has 1 atom stereocenters. The molecule has 0 radical (unpaired) electrons. The summed E-state index contributed by atoms with van der Waals surface area (Å²) in [6.07, 6.45) is 0. The van der Waals surface area contributed by atoms with E-state index in [0.29, 0.717) is 54.0 Å². The molecule has 0 fully saturated rings. The molecule has 0 aliphatic carbocycles. The van der Waals surface area contributed by atoms with Crippen LogP contribution < -0.4 is 15.0 Å². The van der Waals surface area contributed by atoms with Crippen LogP contribution in [0.5, 0.6) is 11.5 Å². The number of aromatic nitrogens is 1. The number of phenolic OH excluding ortho intramolecular Hbond substituents is 1. The molecular formula is C34H32ClN3O6. The summed E-state index contributed by atoms with van der Waals surface area (Å²) in [5, 5.41) is 24.9. The van der Waals surface area contributed by atoms with Crippen LogP contribution in [-0.4, -0.2) is 65.9 Å². The van der Waals surface area contributed by atoms with Crippen LogP contribution >= 0.6 is 11.6 Å². The van der Waals surface area contributed by atoms with Gasteiger partial charge >= 0.3 is 0 Å². The summed E-state index contributed by atoms with van der Waals surface area (Å²) < 4.78 is 10.8. The maximum absolute atomic E-state index is 13.9. The molecule has 10 heteroatoms. The Morgan fingerprint density at radius 2 is 1.86 bits per heavy atom. The molecule has 5 aromatic rings. The van der Waals surface area contributed by atoms with Crippen LogP contribution in [0.1, 0.15) is 37.9 Å². The molecule has 4 aromatic carbocycles. The quantitative estimate of drug-likeness (QED) is 0.114. The molecule has 0 saturated heterocycles. The summed E-state index contributed by atoms with van der Waals surface area (Å²) in [4.78, 5) is 31.7. The van der Waals surface area contributed by atoms with Crippen molar-refractivity contribution >= 4 is 56.5 Å². The number of aliphatic hydroxyl groups is 1. The van der Waals surface area contributed by atoms with E-state index in [9.17, 15) is 14.7 Å². The Kier molecular flexibility index (Phi) is 8.43. The summed E-state index contributed by atoms with van der Waals surface area (Å²) >= 11 is 6.40. The molecule has 1 aliphatic rings. The van der Waals surface area contributed by atoms with Crippen LogP contribution in [-0.2, 0) is 4.74 Å². The SMILES string of the molecule is Cc1cccc2c(O)cc3c(c12)C(CCl)CN3C(=O)c1ccc2[nH]c(C(=O)Nc3ccc(OCCOCCO)cc3)cc2c1. The van der Waals surface area contributed by atoms with E-state index in [1.165, 1.54) is 0 Å². The van der Waals surface area contributed by atoms with Crippen molar-refractivity contribution in [3.63, 3.8) is 0 Å². The van der Waals surface area contributed by atoms with Crippen molar-refractivity contribution in [2.45, 2.75) is 12.8 Å². The predicted octanol–water partition coefficient (Wildman–Crippen LogP) is 5.96. The van der Waals surface area contributed by atoms with Gasteiger partial charge in [-0.3, -0.25) is 9.59 Å². The molecule has 2 amide bonds. The highest BCUT2D eigenvalue weighted by molar-refractivity contribution is 6.19. The van der Waals surface area contributed by atoms with Crippen molar-refractivity contribution in [2.75, 3.05) is 49.1 Å². The number of fused-ring (bicyclic) bond motifs is 4. The minimum Gasteiger partial charge on any atom is -0.507 e. The number of H-pyrrole nitrogens is 1. The number of aromatic amines is 1. The number of hydrogen-bond acceptors (Lipinski definition) is 6. The largest absolute Gasteiger partial charge is 0.507 e. The van der Waals surface area contributed by atoms with E-state index in [0.717, 1.165) is 32.8 Å². The first-order valence-corrected chi connectivity index (χ1v) is 14.9. The number of benzene rings is 4. The van der Waals surface area contributed by atoms with Crippen molar-refractivity contribution in [1.29, 1.82) is 0 Å². The number of amides is 2. The lowest BCUT2D eigenvalue weighted by atomic mass is 9.92. The zero-order chi connectivity index (χ0) is 30.8. The molecule has 0 saturated carbocycles. The second kappa shape index (κ2) is 12.6. The van der Waals surface area contributed by atoms with Gasteiger partial charge in [0.15, 0.2) is 0 Å². The number of carbonyl (C=O) groups excluding carboxylic acids is 2. The molecule has 44 heavy (non-hydrogen) atoms. The molecular weight excluding hydrogens is 582 g/mol. The molecule has 6 rings (SSSR count). The lowest BCUT2D eigenvalue weighted by molar-refractivity contribution is 0.0705. The molecule has 1 aliphatic heterocycles. The van der Waals surface area contributed by atoms with Crippen molar-refractivity contribution < 1.29 is 29.3 Å². The number of aliphatic hydroxyl groups excluding tert-OH is 1. The monoisotopic (exact) mass is 613 g/mol. The van der Waals surface area contributed by atoms with E-state index >= 15 is 0 Å². The summed E-state index contributed by atoms with van der Waals surface area (Å²) in [6.45, 7) is 3.36. The molecule has 4 N–H and O–H groups in total. The maximum atomic E-state index is 13.9. The van der Waals surface area contributed by atoms with Crippen LogP contribution in [0.2, 0.25) is 0 Å². The van der Waals surface area contributed by atoms with Crippen molar-refractivity contribution in [3.05, 3.63) is 95.2 Å². The van der Waals surface area contributed by atoms with E-state index in [-0.39, 0.29) is 36.7 Å². The number of hydrogen-bond donors (Lipinski definition) is 4. The number of aryl methyl sites for hydroxylation is 1. The second-order valence-electron chi connectivity index (χ2n) is 10.7. The zero-order valence-electron chi connectivity index (χ0n) is 24.1. The summed E-state index contributed by atoms with van der Waals surface area (Å²) in [5.41, 5.74) is 4.80. The number of halogens is 1. The average molecular weight is 614 g/mol. The number of ether oxygens (including phenoxy) is 2. The Labute approximate surface area is 259 Å². The standard InChI is InChI=1S/C34H32ClN3O6/c1-20-3-2-4-26-30(40)17-29-32(31(20)26)23(18-35)19-38(29)34(42)21-5-10-27-22(15-21)16-28(37-27)33(41)36-24-6-8-25(9-7-24)44-14-13-43-12-11-39/h2-10,15-17,23,37,39-40H,11-14,18-19H2,1H3,(H,36,41). The summed E-state index contributed by atoms with van der Waals surface area (Å²) in [6, 6.07) is 21.4. The number of phenols is 1. The van der Waals surface area contributed by atoms with Gasteiger partial charge in [-0.25, -0.2) is 0 Å². The van der Waals surface area contributed by atoms with E-state index < -0.39 is 0 Å². The number of nitrogens with one attached hydrogen (secondary N) is 2. The number of alkyl halides is 1. The average Bonchev–Trinajstić information content (AvgIpc) is 3.63. The lowest BCUT2D eigenvalue weighted by Gasteiger charge is -2.19. The van der Waals surface area contributed by atoms with Crippen molar-refractivity contribution in [2.24, 2.45) is 0 Å². The van der Waals surface area contributed by atoms with Crippen LogP contribution in [0, 0.1) is 6.92 Å². The molecule has 2 heterocycles. The molecule has 0 bridgehead atoms. The minimum absolute atomic E-state index is 0.0310. The normalized spacial score (nSPS) is 14.2. The Bertz CT molecular complexity index is 1850. The minimum atomic E-state index is -0.323. The first-order chi connectivity index (χ1) is 21.4. The molecule has 226 valence electrons. The van der Waals surface area contributed by atoms with Gasteiger partial charge in [-0.05, 0) is 72.0 Å². The summed E-state index contributed by atoms with van der Waals surface area (Å²) in [5.74, 6) is 0.501. The number of rotatable bonds is 10. The second-order valence-corrected chi connectivity index (χ2v) is 11.0. The molecule has 9 nitrogen and oxygen atoms in total. The zero-order valence-corrected chi connectivity index (χ0v) is 24.9. The summed E-state index contributed by atoms with van der Waals surface area (Å²) in [7, 11) is 0. The van der Waals surface area contributed by atoms with Crippen LogP contribution in [0.3, 0.4) is 0 Å². The van der Waals surface area contributed by atoms with Gasteiger partial charge in [-0.15, -0.1) is 11.6 Å². The van der Waals surface area contributed by atoms with Crippen molar-refractivity contribution in [3.8, 4) is 11.5 Å². The maximum Gasteiger partial charge on any atom is 0.272 e. The fourth-order valence-electron chi connectivity index (χ4n) is 5.78. The van der Waals surface area contributed by atoms with E-state index in [1.54, 1.807) is 59.5 Å². The molecule has 0 spiro atoms. The van der Waals surface area contributed by atoms with Crippen LogP contribution in [0.25, 0.3) is 21.7 Å². The topological polar surface area (TPSA) is 124 Å². The highest BCUT2D eigenvalue weighted by atomic mass is 35.5. The van der Waals surface area contributed by atoms with E-state index in [4.69, 9.17) is 26.2 Å². The highest BCUT2D eigenvalue weighted by Gasteiger charge is 2.35. The Balaban J connectivity index is 1.19. The number of anilines is 2. The lowest BCUT2D eigenvalue weighted by Crippen LogP contribution is -2.30. The van der Waals surface area contributed by atoms with Gasteiger partial charge in [-0.2, -0.15) is 0 Å². The van der Waals surface area contributed by atoms with Gasteiger partial charge in [0.2, 0.25) is 0 Å². The van der Waals surface area contributed by atoms with Gasteiger partial charge in [-0.1, -0.05) is 18.2 Å². The van der Waals surface area contributed by atoms with Gasteiger partial charge in [0.1, 0.15) is 23.8 Å². The van der Waals surface area contributed by atoms with Gasteiger partial charge in [0, 0.05) is 51.9 Å². The van der Waals surface area contributed by atoms with E-state index in [1.807, 2.05) is 25.1 Å². The Morgan fingerprint density at radius 3 is 2.64 bits per heavy atom. The fourth-order valence-corrected chi connectivity index (χ4v) is 6.03. The van der Waals surface area contributed by atoms with Crippen molar-refractivity contribution in [1.82, 2.24) is 4.98 Å². The fraction of sp³-hybridized carbons (Fsp3) is 0.235. The van der Waals surface area contributed by atoms with E-state index in [2.05, 4.69) is 10.3 Å². The smallest absolute Gasteiger partial charge is 0.272 e. The first kappa shape index (κ1) is 29.5. The predicted molar refractivity (Wildman–Crippen MR) is 172 cm³/mol. The molecule has 1 unspecified atom stereocenters. The number of nitrogens with zero attached hydrogens (tertiary/aromatic N) is 1. The highest BCUT2D eigenvalue weighted by Crippen LogP contribution is 2.46. The van der Waals surface area contributed by atoms with Crippen LogP contribution in [0.4, 0.5) is 11.4 Å². The van der Waals surface area contributed by atoms with Gasteiger partial charge < -0.3 is 34.9 Å². The Hall–Kier alpha value is -4.57. The first-order valence-electron chi connectivity index (χ1n) is 14.4. The number of aromatic hydroxyl groups is 1. The Morgan fingerprint density at radius 1 is 1.05 bits per heavy atom. The van der Waals surface area contributed by atoms with Gasteiger partial charge in [0.25, 0.3) is 11.8 Å². The molecule has 1 aromatic heterocycles. The number of carbonyl (C=O) groups is 2. The van der Waals surface area contributed by atoms with Gasteiger partial charge in [0.05, 0.1) is 25.5 Å².